The van der Waals surface area contributed by atoms with Crippen LogP contribution in [0.2, 0.25) is 0 Å². The normalized spacial score (nSPS) is 14.0. The lowest BCUT2D eigenvalue weighted by molar-refractivity contribution is -0.137. The number of carbonyl (C=O) groups excluding carboxylic acids is 1. The summed E-state index contributed by atoms with van der Waals surface area (Å²) in [5, 5.41) is 2.68. The van der Waals surface area contributed by atoms with E-state index in [1.165, 1.54) is 12.3 Å². The molecule has 0 aliphatic carbocycles. The number of aromatic nitrogens is 3. The number of anilines is 2. The van der Waals surface area contributed by atoms with Gasteiger partial charge in [0.25, 0.3) is 11.8 Å². The second-order valence-electron chi connectivity index (χ2n) is 9.38. The molecule has 1 fully saturated rings. The minimum absolute atomic E-state index is 0.0979. The molecule has 3 aromatic rings. The Hall–Kier alpha value is -3.77. The number of benzene rings is 1. The average molecular weight is 545 g/mol. The summed E-state index contributed by atoms with van der Waals surface area (Å²) in [6.07, 6.45) is -1.55. The highest BCUT2D eigenvalue weighted by Gasteiger charge is 2.32. The molecule has 1 saturated heterocycles. The number of nitrogens with one attached hydrogen (secondary N) is 1. The summed E-state index contributed by atoms with van der Waals surface area (Å²) < 4.78 is 51.7. The number of rotatable bonds is 8. The molecule has 2 aromatic heterocycles. The molecule has 4 rings (SSSR count). The Labute approximate surface area is 225 Å². The van der Waals surface area contributed by atoms with E-state index in [4.69, 9.17) is 14.5 Å². The number of pyridine rings is 1. The first-order chi connectivity index (χ1) is 18.5. The monoisotopic (exact) mass is 544 g/mol. The van der Waals surface area contributed by atoms with E-state index in [9.17, 15) is 18.0 Å². The zero-order valence-electron chi connectivity index (χ0n) is 22.3. The van der Waals surface area contributed by atoms with E-state index in [2.05, 4.69) is 15.3 Å². The minimum atomic E-state index is -4.58. The zero-order chi connectivity index (χ0) is 28.2. The van der Waals surface area contributed by atoms with Crippen LogP contribution in [0.4, 0.5) is 24.7 Å². The molecule has 39 heavy (non-hydrogen) atoms. The van der Waals surface area contributed by atoms with Gasteiger partial charge in [0.05, 0.1) is 49.2 Å². The number of hydrogen-bond donors (Lipinski definition) is 1. The third kappa shape index (κ3) is 7.01. The molecule has 0 radical (unpaired) electrons. The van der Waals surface area contributed by atoms with E-state index >= 15 is 0 Å². The third-order valence-corrected chi connectivity index (χ3v) is 6.02. The van der Waals surface area contributed by atoms with Gasteiger partial charge in [0, 0.05) is 36.5 Å². The first-order valence-electron chi connectivity index (χ1n) is 12.5. The molecule has 208 valence electrons. The van der Waals surface area contributed by atoms with Crippen molar-refractivity contribution in [2.45, 2.75) is 26.6 Å². The molecule has 3 heterocycles. The Kier molecular flexibility index (Phi) is 8.66. The second kappa shape index (κ2) is 12.0. The fourth-order valence-corrected chi connectivity index (χ4v) is 4.22. The van der Waals surface area contributed by atoms with Gasteiger partial charge < -0.3 is 24.6 Å². The van der Waals surface area contributed by atoms with Crippen molar-refractivity contribution in [1.82, 2.24) is 19.9 Å². The molecular formula is C27H31F3N6O3. The zero-order valence-corrected chi connectivity index (χ0v) is 22.3. The quantitative estimate of drug-likeness (QED) is 0.446. The highest BCUT2D eigenvalue weighted by molar-refractivity contribution is 6.04. The van der Waals surface area contributed by atoms with Crippen LogP contribution in [-0.2, 0) is 17.5 Å². The van der Waals surface area contributed by atoms with Gasteiger partial charge in [-0.15, -0.1) is 0 Å². The van der Waals surface area contributed by atoms with Crippen LogP contribution in [0.5, 0.6) is 5.88 Å². The maximum atomic E-state index is 13.5. The fraction of sp³-hybridized carbons (Fsp3) is 0.407. The topological polar surface area (TPSA) is 92.7 Å². The fourth-order valence-electron chi connectivity index (χ4n) is 4.22. The number of halogens is 3. The van der Waals surface area contributed by atoms with Gasteiger partial charge in [0.2, 0.25) is 0 Å². The number of hydrogen-bond acceptors (Lipinski definition) is 8. The Morgan fingerprint density at radius 2 is 1.87 bits per heavy atom. The Bertz CT molecular complexity index is 1330. The van der Waals surface area contributed by atoms with E-state index in [1.807, 2.05) is 11.8 Å². The number of aryl methyl sites for hydroxylation is 1. The maximum absolute atomic E-state index is 13.5. The molecular weight excluding hydrogens is 513 g/mol. The number of carbonyl (C=O) groups is 1. The minimum Gasteiger partial charge on any atom is -0.475 e. The number of ether oxygens (including phenoxy) is 2. The summed E-state index contributed by atoms with van der Waals surface area (Å²) in [4.78, 5) is 30.5. The summed E-state index contributed by atoms with van der Waals surface area (Å²) in [6.45, 7) is 6.75. The van der Waals surface area contributed by atoms with Crippen LogP contribution >= 0.6 is 0 Å². The van der Waals surface area contributed by atoms with E-state index in [0.717, 1.165) is 12.1 Å². The van der Waals surface area contributed by atoms with Crippen molar-refractivity contribution in [3.63, 3.8) is 0 Å². The largest absolute Gasteiger partial charge is 0.475 e. The van der Waals surface area contributed by atoms with Crippen molar-refractivity contribution in [2.75, 3.05) is 57.2 Å². The van der Waals surface area contributed by atoms with Gasteiger partial charge in [-0.2, -0.15) is 13.2 Å². The van der Waals surface area contributed by atoms with Crippen LogP contribution in [-0.4, -0.2) is 72.8 Å². The van der Waals surface area contributed by atoms with Crippen molar-refractivity contribution in [1.29, 1.82) is 0 Å². The van der Waals surface area contributed by atoms with Gasteiger partial charge in [-0.1, -0.05) is 0 Å². The standard InChI is InChI=1S/C27H31F3N6O3/c1-5-39-26-24(36-6-8-38-9-7-36)34-23(15-32-26)22-13-21(14-31-17(22)2)33-25(37)19-10-18(16-35(3)4)11-20(12-19)27(28,29)30/h10-15H,5-9,16H2,1-4H3,(H,33,37). The smallest absolute Gasteiger partial charge is 0.416 e. The Morgan fingerprint density at radius 3 is 2.54 bits per heavy atom. The number of nitrogens with zero attached hydrogens (tertiary/aromatic N) is 5. The molecule has 1 N–H and O–H groups in total. The van der Waals surface area contributed by atoms with E-state index in [-0.39, 0.29) is 12.1 Å². The first-order valence-corrected chi connectivity index (χ1v) is 12.5. The number of amides is 1. The summed E-state index contributed by atoms with van der Waals surface area (Å²) in [5.74, 6) is 0.324. The van der Waals surface area contributed by atoms with Crippen LogP contribution in [0.25, 0.3) is 11.3 Å². The van der Waals surface area contributed by atoms with E-state index in [1.54, 1.807) is 38.2 Å². The predicted octanol–water partition coefficient (Wildman–Crippen LogP) is 4.42. The van der Waals surface area contributed by atoms with Crippen LogP contribution in [0.15, 0.2) is 36.7 Å². The Balaban J connectivity index is 1.65. The van der Waals surface area contributed by atoms with Crippen LogP contribution in [0.1, 0.15) is 34.1 Å². The molecule has 9 nitrogen and oxygen atoms in total. The summed E-state index contributed by atoms with van der Waals surface area (Å²) >= 11 is 0. The van der Waals surface area contributed by atoms with Crippen molar-refractivity contribution in [3.8, 4) is 17.1 Å². The van der Waals surface area contributed by atoms with Gasteiger partial charge in [0.1, 0.15) is 0 Å². The third-order valence-electron chi connectivity index (χ3n) is 6.02. The number of morpholine rings is 1. The van der Waals surface area contributed by atoms with Gasteiger partial charge in [-0.3, -0.25) is 9.78 Å². The average Bonchev–Trinajstić information content (AvgIpc) is 2.89. The van der Waals surface area contributed by atoms with E-state index in [0.29, 0.717) is 72.8 Å². The lowest BCUT2D eigenvalue weighted by Crippen LogP contribution is -2.37. The summed E-state index contributed by atoms with van der Waals surface area (Å²) in [6, 6.07) is 5.05. The SMILES string of the molecule is CCOc1ncc(-c2cc(NC(=O)c3cc(CN(C)C)cc(C(F)(F)F)c3)cnc2C)nc1N1CCOCC1. The van der Waals surface area contributed by atoms with Gasteiger partial charge in [-0.05, 0) is 57.8 Å². The highest BCUT2D eigenvalue weighted by Crippen LogP contribution is 2.32. The van der Waals surface area contributed by atoms with Crippen molar-refractivity contribution >= 4 is 17.4 Å². The van der Waals surface area contributed by atoms with Crippen molar-refractivity contribution in [3.05, 3.63) is 59.0 Å². The second-order valence-corrected chi connectivity index (χ2v) is 9.38. The molecule has 0 saturated carbocycles. The molecule has 0 unspecified atom stereocenters. The van der Waals surface area contributed by atoms with Crippen LogP contribution in [0.3, 0.4) is 0 Å². The van der Waals surface area contributed by atoms with Crippen molar-refractivity contribution in [2.24, 2.45) is 0 Å². The molecule has 1 amide bonds. The number of alkyl halides is 3. The summed E-state index contributed by atoms with van der Waals surface area (Å²) in [5.41, 5.74) is 1.50. The van der Waals surface area contributed by atoms with Crippen LogP contribution in [0, 0.1) is 6.92 Å². The van der Waals surface area contributed by atoms with E-state index < -0.39 is 17.6 Å². The Morgan fingerprint density at radius 1 is 1.13 bits per heavy atom. The predicted molar refractivity (Wildman–Crippen MR) is 141 cm³/mol. The summed E-state index contributed by atoms with van der Waals surface area (Å²) in [7, 11) is 3.49. The molecule has 0 spiro atoms. The molecule has 0 atom stereocenters. The first kappa shape index (κ1) is 28.2. The molecule has 0 bridgehead atoms. The lowest BCUT2D eigenvalue weighted by atomic mass is 10.0. The molecule has 1 aliphatic heterocycles. The van der Waals surface area contributed by atoms with Crippen molar-refractivity contribution < 1.29 is 27.4 Å². The van der Waals surface area contributed by atoms with Gasteiger partial charge in [0.15, 0.2) is 5.82 Å². The molecule has 12 heteroatoms. The van der Waals surface area contributed by atoms with Gasteiger partial charge in [-0.25, -0.2) is 9.97 Å². The molecule has 1 aromatic carbocycles. The van der Waals surface area contributed by atoms with Gasteiger partial charge >= 0.3 is 6.18 Å². The molecule has 1 aliphatic rings. The maximum Gasteiger partial charge on any atom is 0.416 e. The lowest BCUT2D eigenvalue weighted by Gasteiger charge is -2.28. The highest BCUT2D eigenvalue weighted by atomic mass is 19.4. The van der Waals surface area contributed by atoms with Crippen LogP contribution < -0.4 is 15.0 Å².